The minimum atomic E-state index is -0.0318. The number of carbonyl (C=O) groups excluding carboxylic acids is 1. The Kier molecular flexibility index (Phi) is 3.49. The quantitative estimate of drug-likeness (QED) is 0.621. The summed E-state index contributed by atoms with van der Waals surface area (Å²) in [6.07, 6.45) is 0. The monoisotopic (exact) mass is 172 g/mol. The Morgan fingerprint density at radius 3 is 3.17 bits per heavy atom. The summed E-state index contributed by atoms with van der Waals surface area (Å²) in [6, 6.07) is -0.0318. The number of ether oxygens (including phenoxy) is 1. The average molecular weight is 172 g/mol. The molecule has 1 N–H and O–H groups in total. The van der Waals surface area contributed by atoms with E-state index in [9.17, 15) is 4.79 Å². The summed E-state index contributed by atoms with van der Waals surface area (Å²) in [4.78, 5) is 13.3. The Morgan fingerprint density at radius 2 is 2.50 bits per heavy atom. The van der Waals surface area contributed by atoms with Gasteiger partial charge in [0.15, 0.2) is 0 Å². The van der Waals surface area contributed by atoms with Gasteiger partial charge in [-0.2, -0.15) is 0 Å². The Morgan fingerprint density at radius 1 is 1.75 bits per heavy atom. The van der Waals surface area contributed by atoms with Crippen LogP contribution in [0.1, 0.15) is 6.92 Å². The predicted molar refractivity (Wildman–Crippen MR) is 45.9 cm³/mol. The lowest BCUT2D eigenvalue weighted by Crippen LogP contribution is -2.54. The second kappa shape index (κ2) is 4.42. The minimum absolute atomic E-state index is 0.0318. The highest BCUT2D eigenvalue weighted by Crippen LogP contribution is 1.99. The summed E-state index contributed by atoms with van der Waals surface area (Å²) in [5.74, 6) is 0.179. The summed E-state index contributed by atoms with van der Waals surface area (Å²) in [7, 11) is 1.65. The highest BCUT2D eigenvalue weighted by atomic mass is 16.5. The third kappa shape index (κ3) is 2.19. The van der Waals surface area contributed by atoms with Crippen molar-refractivity contribution in [2.45, 2.75) is 13.0 Å². The second-order valence-electron chi connectivity index (χ2n) is 2.99. The van der Waals surface area contributed by atoms with Crippen molar-refractivity contribution in [3.05, 3.63) is 0 Å². The lowest BCUT2D eigenvalue weighted by atomic mass is 10.2. The van der Waals surface area contributed by atoms with Gasteiger partial charge in [0.2, 0.25) is 5.91 Å². The maximum Gasteiger partial charge on any atom is 0.239 e. The zero-order chi connectivity index (χ0) is 8.97. The molecule has 70 valence electrons. The Hall–Kier alpha value is -0.610. The van der Waals surface area contributed by atoms with Gasteiger partial charge in [0.25, 0.3) is 0 Å². The minimum Gasteiger partial charge on any atom is -0.383 e. The molecule has 1 aliphatic rings. The molecule has 1 rings (SSSR count). The molecule has 0 bridgehead atoms. The molecular formula is C8H16N2O2. The zero-order valence-electron chi connectivity index (χ0n) is 7.67. The highest BCUT2D eigenvalue weighted by molar-refractivity contribution is 5.82. The van der Waals surface area contributed by atoms with Gasteiger partial charge in [-0.3, -0.25) is 4.79 Å². The second-order valence-corrected chi connectivity index (χ2v) is 2.99. The van der Waals surface area contributed by atoms with Crippen LogP contribution in [-0.4, -0.2) is 50.2 Å². The normalized spacial score (nSPS) is 24.7. The van der Waals surface area contributed by atoms with Gasteiger partial charge in [-0.15, -0.1) is 0 Å². The molecule has 1 amide bonds. The number of nitrogens with zero attached hydrogens (tertiary/aromatic N) is 1. The van der Waals surface area contributed by atoms with E-state index in [-0.39, 0.29) is 11.9 Å². The van der Waals surface area contributed by atoms with Crippen LogP contribution in [0.2, 0.25) is 0 Å². The maximum absolute atomic E-state index is 11.4. The summed E-state index contributed by atoms with van der Waals surface area (Å²) in [5, 5.41) is 3.11. The van der Waals surface area contributed by atoms with E-state index in [2.05, 4.69) is 5.32 Å². The number of nitrogens with one attached hydrogen (secondary N) is 1. The van der Waals surface area contributed by atoms with E-state index >= 15 is 0 Å². The third-order valence-electron chi connectivity index (χ3n) is 2.08. The lowest BCUT2D eigenvalue weighted by molar-refractivity contribution is -0.135. The molecule has 0 aromatic carbocycles. The van der Waals surface area contributed by atoms with E-state index in [0.29, 0.717) is 13.2 Å². The van der Waals surface area contributed by atoms with Gasteiger partial charge in [0, 0.05) is 26.7 Å². The van der Waals surface area contributed by atoms with Crippen molar-refractivity contribution in [1.29, 1.82) is 0 Å². The Labute approximate surface area is 72.9 Å². The van der Waals surface area contributed by atoms with Gasteiger partial charge >= 0.3 is 0 Å². The standard InChI is InChI=1S/C8H16N2O2/c1-7-8(11)10(4-3-9-7)5-6-12-2/h7,9H,3-6H2,1-2H3. The van der Waals surface area contributed by atoms with E-state index < -0.39 is 0 Å². The number of hydrogen-bond donors (Lipinski definition) is 1. The van der Waals surface area contributed by atoms with Crippen molar-refractivity contribution in [3.8, 4) is 0 Å². The van der Waals surface area contributed by atoms with E-state index in [1.165, 1.54) is 0 Å². The van der Waals surface area contributed by atoms with Crippen molar-refractivity contribution < 1.29 is 9.53 Å². The first kappa shape index (κ1) is 9.48. The van der Waals surface area contributed by atoms with E-state index in [4.69, 9.17) is 4.74 Å². The van der Waals surface area contributed by atoms with Crippen molar-refractivity contribution in [2.24, 2.45) is 0 Å². The van der Waals surface area contributed by atoms with Crippen LogP contribution in [0.15, 0.2) is 0 Å². The zero-order valence-corrected chi connectivity index (χ0v) is 7.67. The molecule has 1 aliphatic heterocycles. The summed E-state index contributed by atoms with van der Waals surface area (Å²) in [5.41, 5.74) is 0. The van der Waals surface area contributed by atoms with E-state index in [1.807, 2.05) is 11.8 Å². The van der Waals surface area contributed by atoms with Crippen LogP contribution in [0.4, 0.5) is 0 Å². The Bertz CT molecular complexity index is 161. The van der Waals surface area contributed by atoms with Crippen LogP contribution in [0.5, 0.6) is 0 Å². The SMILES string of the molecule is COCCN1CCNC(C)C1=O. The molecule has 0 radical (unpaired) electrons. The number of methoxy groups -OCH3 is 1. The van der Waals surface area contributed by atoms with Crippen LogP contribution in [-0.2, 0) is 9.53 Å². The highest BCUT2D eigenvalue weighted by Gasteiger charge is 2.23. The van der Waals surface area contributed by atoms with Gasteiger partial charge in [0.05, 0.1) is 12.6 Å². The van der Waals surface area contributed by atoms with Crippen LogP contribution in [0, 0.1) is 0 Å². The average Bonchev–Trinajstić information content (AvgIpc) is 2.08. The molecule has 4 heteroatoms. The van der Waals surface area contributed by atoms with Crippen LogP contribution in [0.25, 0.3) is 0 Å². The van der Waals surface area contributed by atoms with Crippen LogP contribution >= 0.6 is 0 Å². The molecule has 0 aliphatic carbocycles. The molecule has 1 fully saturated rings. The lowest BCUT2D eigenvalue weighted by Gasteiger charge is -2.31. The number of piperazine rings is 1. The molecule has 1 heterocycles. The maximum atomic E-state index is 11.4. The molecule has 0 spiro atoms. The molecule has 1 unspecified atom stereocenters. The van der Waals surface area contributed by atoms with Crippen molar-refractivity contribution in [3.63, 3.8) is 0 Å². The smallest absolute Gasteiger partial charge is 0.239 e. The third-order valence-corrected chi connectivity index (χ3v) is 2.08. The van der Waals surface area contributed by atoms with Crippen molar-refractivity contribution in [2.75, 3.05) is 33.4 Å². The van der Waals surface area contributed by atoms with Gasteiger partial charge in [-0.25, -0.2) is 0 Å². The number of amides is 1. The van der Waals surface area contributed by atoms with Gasteiger partial charge in [-0.05, 0) is 6.92 Å². The van der Waals surface area contributed by atoms with Crippen LogP contribution in [0.3, 0.4) is 0 Å². The van der Waals surface area contributed by atoms with E-state index in [0.717, 1.165) is 13.1 Å². The molecule has 1 saturated heterocycles. The van der Waals surface area contributed by atoms with E-state index in [1.54, 1.807) is 7.11 Å². The molecule has 0 saturated carbocycles. The molecule has 4 nitrogen and oxygen atoms in total. The topological polar surface area (TPSA) is 41.6 Å². The molecular weight excluding hydrogens is 156 g/mol. The fourth-order valence-electron chi connectivity index (χ4n) is 1.31. The number of rotatable bonds is 3. The summed E-state index contributed by atoms with van der Waals surface area (Å²) in [6.45, 7) is 4.91. The molecule has 1 atom stereocenters. The fraction of sp³-hybridized carbons (Fsp3) is 0.875. The largest absolute Gasteiger partial charge is 0.383 e. The number of hydrogen-bond acceptors (Lipinski definition) is 3. The van der Waals surface area contributed by atoms with Crippen molar-refractivity contribution >= 4 is 5.91 Å². The van der Waals surface area contributed by atoms with Gasteiger partial charge < -0.3 is 15.0 Å². The first-order valence-corrected chi connectivity index (χ1v) is 4.27. The first-order valence-electron chi connectivity index (χ1n) is 4.27. The molecule has 0 aromatic rings. The van der Waals surface area contributed by atoms with Gasteiger partial charge in [-0.1, -0.05) is 0 Å². The fourth-order valence-corrected chi connectivity index (χ4v) is 1.31. The van der Waals surface area contributed by atoms with Gasteiger partial charge in [0.1, 0.15) is 0 Å². The van der Waals surface area contributed by atoms with Crippen LogP contribution < -0.4 is 5.32 Å². The first-order chi connectivity index (χ1) is 5.75. The summed E-state index contributed by atoms with van der Waals surface area (Å²) < 4.78 is 4.91. The molecule has 0 aromatic heterocycles. The Balaban J connectivity index is 2.36. The summed E-state index contributed by atoms with van der Waals surface area (Å²) >= 11 is 0. The predicted octanol–water partition coefficient (Wildman–Crippen LogP) is -0.547. The number of carbonyl (C=O) groups is 1. The molecule has 12 heavy (non-hydrogen) atoms. The van der Waals surface area contributed by atoms with Crippen molar-refractivity contribution in [1.82, 2.24) is 10.2 Å².